The average molecular weight is 455 g/mol. The second-order valence-corrected chi connectivity index (χ2v) is 8.92. The largest absolute Gasteiger partial charge is 0.354 e. The molecule has 0 aliphatic carbocycles. The lowest BCUT2D eigenvalue weighted by Crippen LogP contribution is -2.25. The van der Waals surface area contributed by atoms with Crippen molar-refractivity contribution in [1.29, 1.82) is 0 Å². The number of rotatable bonds is 6. The van der Waals surface area contributed by atoms with E-state index >= 15 is 0 Å². The molecule has 2 N–H and O–H groups in total. The number of aromatic nitrogens is 1. The fourth-order valence-electron chi connectivity index (χ4n) is 3.28. The Morgan fingerprint density at radius 3 is 2.57 bits per heavy atom. The molecule has 0 atom stereocenters. The summed E-state index contributed by atoms with van der Waals surface area (Å²) in [6.45, 7) is 2.61. The Labute approximate surface area is 189 Å². The molecule has 1 aromatic heterocycles. The first-order chi connectivity index (χ1) is 14.5. The molecule has 152 valence electrons. The third-order valence-electron chi connectivity index (χ3n) is 4.81. The highest BCUT2D eigenvalue weighted by molar-refractivity contribution is 7.99. The molecule has 0 saturated carbocycles. The number of carbonyl (C=O) groups excluding carboxylic acids is 1. The van der Waals surface area contributed by atoms with Crippen molar-refractivity contribution in [1.82, 2.24) is 10.3 Å². The Kier molecular flexibility index (Phi) is 6.38. The van der Waals surface area contributed by atoms with Gasteiger partial charge in [-0.05, 0) is 36.8 Å². The van der Waals surface area contributed by atoms with E-state index in [1.54, 1.807) is 30.0 Å². The van der Waals surface area contributed by atoms with E-state index in [1.165, 1.54) is 15.8 Å². The van der Waals surface area contributed by atoms with Gasteiger partial charge in [-0.15, -0.1) is 11.8 Å². The van der Waals surface area contributed by atoms with Crippen molar-refractivity contribution in [3.63, 3.8) is 0 Å². The predicted octanol–water partition coefficient (Wildman–Crippen LogP) is 6.97. The average Bonchev–Trinajstić information content (AvgIpc) is 3.10. The molecule has 30 heavy (non-hydrogen) atoms. The van der Waals surface area contributed by atoms with E-state index in [1.807, 2.05) is 12.1 Å². The number of carbonyl (C=O) groups is 1. The highest BCUT2D eigenvalue weighted by Crippen LogP contribution is 2.37. The van der Waals surface area contributed by atoms with Crippen LogP contribution in [-0.2, 0) is 0 Å². The molecule has 0 bridgehead atoms. The van der Waals surface area contributed by atoms with Gasteiger partial charge in [-0.2, -0.15) is 0 Å². The van der Waals surface area contributed by atoms with Crippen LogP contribution in [0.4, 0.5) is 0 Å². The maximum absolute atomic E-state index is 12.4. The number of aromatic amines is 1. The molecule has 0 spiro atoms. The molecule has 1 heterocycles. The number of para-hydroxylation sites is 1. The van der Waals surface area contributed by atoms with E-state index in [-0.39, 0.29) is 5.91 Å². The van der Waals surface area contributed by atoms with Crippen LogP contribution in [0.3, 0.4) is 0 Å². The lowest BCUT2D eigenvalue weighted by Gasteiger charge is -2.08. The number of amides is 1. The molecule has 1 amide bonds. The number of nitrogens with one attached hydrogen (secondary N) is 2. The van der Waals surface area contributed by atoms with Gasteiger partial charge in [0, 0.05) is 33.1 Å². The molecular weight excluding hydrogens is 435 g/mol. The fourth-order valence-corrected chi connectivity index (χ4v) is 4.83. The summed E-state index contributed by atoms with van der Waals surface area (Å²) >= 11 is 13.8. The quantitative estimate of drug-likeness (QED) is 0.244. The zero-order valence-electron chi connectivity index (χ0n) is 16.3. The van der Waals surface area contributed by atoms with Crippen molar-refractivity contribution in [3.8, 4) is 11.3 Å². The van der Waals surface area contributed by atoms with E-state index in [0.29, 0.717) is 22.2 Å². The van der Waals surface area contributed by atoms with Crippen LogP contribution >= 0.6 is 35.0 Å². The summed E-state index contributed by atoms with van der Waals surface area (Å²) in [6.07, 6.45) is 0. The summed E-state index contributed by atoms with van der Waals surface area (Å²) in [5, 5.41) is 4.99. The normalized spacial score (nSPS) is 11.0. The van der Waals surface area contributed by atoms with Crippen molar-refractivity contribution in [3.05, 3.63) is 87.9 Å². The maximum atomic E-state index is 12.4. The number of benzene rings is 3. The van der Waals surface area contributed by atoms with Crippen LogP contribution in [0.1, 0.15) is 15.9 Å². The highest BCUT2D eigenvalue weighted by atomic mass is 35.5. The summed E-state index contributed by atoms with van der Waals surface area (Å²) in [5.74, 6) is 0.535. The lowest BCUT2D eigenvalue weighted by atomic mass is 10.1. The van der Waals surface area contributed by atoms with E-state index in [9.17, 15) is 4.79 Å². The molecule has 0 aliphatic heterocycles. The van der Waals surface area contributed by atoms with Gasteiger partial charge >= 0.3 is 0 Å². The van der Waals surface area contributed by atoms with Crippen LogP contribution in [0.5, 0.6) is 0 Å². The van der Waals surface area contributed by atoms with Crippen LogP contribution in [0, 0.1) is 6.92 Å². The molecule has 3 nitrogen and oxygen atoms in total. The number of thioether (sulfide) groups is 1. The third-order valence-corrected chi connectivity index (χ3v) is 6.48. The Bertz CT molecular complexity index is 1200. The Balaban J connectivity index is 1.49. The van der Waals surface area contributed by atoms with Gasteiger partial charge < -0.3 is 10.3 Å². The van der Waals surface area contributed by atoms with Gasteiger partial charge in [-0.3, -0.25) is 4.79 Å². The molecule has 4 rings (SSSR count). The van der Waals surface area contributed by atoms with Crippen LogP contribution in [0.2, 0.25) is 10.0 Å². The Morgan fingerprint density at radius 1 is 1.03 bits per heavy atom. The minimum absolute atomic E-state index is 0.199. The summed E-state index contributed by atoms with van der Waals surface area (Å²) in [7, 11) is 0. The summed E-state index contributed by atoms with van der Waals surface area (Å²) in [4.78, 5) is 17.2. The maximum Gasteiger partial charge on any atom is 0.252 e. The van der Waals surface area contributed by atoms with Gasteiger partial charge in [0.25, 0.3) is 5.91 Å². The first-order valence-corrected chi connectivity index (χ1v) is 11.3. The second-order valence-electron chi connectivity index (χ2n) is 6.97. The van der Waals surface area contributed by atoms with Gasteiger partial charge in [-0.1, -0.05) is 71.2 Å². The summed E-state index contributed by atoms with van der Waals surface area (Å²) in [5.41, 5.74) is 5.02. The molecule has 0 unspecified atom stereocenters. The molecule has 0 radical (unpaired) electrons. The first-order valence-electron chi connectivity index (χ1n) is 9.57. The van der Waals surface area contributed by atoms with Gasteiger partial charge in [0.15, 0.2) is 0 Å². The Morgan fingerprint density at radius 2 is 1.80 bits per heavy atom. The molecule has 3 aromatic carbocycles. The minimum atomic E-state index is -0.199. The molecule has 6 heteroatoms. The van der Waals surface area contributed by atoms with Gasteiger partial charge in [-0.25, -0.2) is 0 Å². The van der Waals surface area contributed by atoms with Crippen molar-refractivity contribution in [2.24, 2.45) is 0 Å². The van der Waals surface area contributed by atoms with Crippen LogP contribution in [-0.4, -0.2) is 23.2 Å². The van der Waals surface area contributed by atoms with Crippen molar-refractivity contribution in [2.45, 2.75) is 11.8 Å². The van der Waals surface area contributed by atoms with Crippen LogP contribution in [0.25, 0.3) is 22.2 Å². The zero-order chi connectivity index (χ0) is 21.1. The van der Waals surface area contributed by atoms with Crippen molar-refractivity contribution in [2.75, 3.05) is 12.3 Å². The first kappa shape index (κ1) is 20.9. The zero-order valence-corrected chi connectivity index (χ0v) is 18.7. The van der Waals surface area contributed by atoms with E-state index in [4.69, 9.17) is 23.2 Å². The third kappa shape index (κ3) is 4.51. The van der Waals surface area contributed by atoms with E-state index < -0.39 is 0 Å². The minimum Gasteiger partial charge on any atom is -0.354 e. The number of aryl methyl sites for hydroxylation is 1. The highest BCUT2D eigenvalue weighted by Gasteiger charge is 2.14. The number of halogens is 2. The molecule has 0 saturated heterocycles. The number of hydrogen-bond donors (Lipinski definition) is 2. The van der Waals surface area contributed by atoms with E-state index in [0.717, 1.165) is 22.5 Å². The molecule has 0 aliphatic rings. The van der Waals surface area contributed by atoms with Crippen LogP contribution < -0.4 is 5.32 Å². The number of H-pyrrole nitrogens is 1. The van der Waals surface area contributed by atoms with Gasteiger partial charge in [0.05, 0.1) is 16.3 Å². The van der Waals surface area contributed by atoms with Crippen LogP contribution in [0.15, 0.2) is 71.6 Å². The monoisotopic (exact) mass is 454 g/mol. The molecule has 0 fully saturated rings. The SMILES string of the molecule is Cc1ccc(-c2[nH]c3ccccc3c2SCCNC(=O)c2ccc(Cl)cc2Cl)cc1. The smallest absolute Gasteiger partial charge is 0.252 e. The van der Waals surface area contributed by atoms with Gasteiger partial charge in [0.2, 0.25) is 0 Å². The van der Waals surface area contributed by atoms with Gasteiger partial charge in [0.1, 0.15) is 0 Å². The molecular formula is C24H20Cl2N2OS. The number of hydrogen-bond acceptors (Lipinski definition) is 2. The van der Waals surface area contributed by atoms with E-state index in [2.05, 4.69) is 53.6 Å². The standard InChI is InChI=1S/C24H20Cl2N2OS/c1-15-6-8-16(9-7-15)22-23(19-4-2-3-5-21(19)28-22)30-13-12-27-24(29)18-11-10-17(25)14-20(18)26/h2-11,14,28H,12-13H2,1H3,(H,27,29). The lowest BCUT2D eigenvalue weighted by molar-refractivity contribution is 0.0956. The Hall–Kier alpha value is -2.40. The molecule has 4 aromatic rings. The topological polar surface area (TPSA) is 44.9 Å². The number of fused-ring (bicyclic) bond motifs is 1. The second kappa shape index (κ2) is 9.17. The fraction of sp³-hybridized carbons (Fsp3) is 0.125. The predicted molar refractivity (Wildman–Crippen MR) is 128 cm³/mol. The summed E-state index contributed by atoms with van der Waals surface area (Å²) in [6, 6.07) is 21.7. The van der Waals surface area contributed by atoms with Crippen molar-refractivity contribution >= 4 is 51.8 Å². The summed E-state index contributed by atoms with van der Waals surface area (Å²) < 4.78 is 0. The van der Waals surface area contributed by atoms with Crippen molar-refractivity contribution < 1.29 is 4.79 Å².